The molecule has 0 aliphatic rings. The van der Waals surface area contributed by atoms with Gasteiger partial charge in [-0.05, 0) is 31.9 Å². The molecule has 0 bridgehead atoms. The van der Waals surface area contributed by atoms with Crippen LogP contribution >= 0.6 is 0 Å². The molecule has 2 N–H and O–H groups in total. The van der Waals surface area contributed by atoms with Crippen molar-refractivity contribution in [2.24, 2.45) is 0 Å². The molecule has 0 heterocycles. The van der Waals surface area contributed by atoms with Crippen LogP contribution in [0, 0.1) is 6.92 Å². The Morgan fingerprint density at radius 2 is 2.00 bits per heavy atom. The maximum absolute atomic E-state index is 11.1. The van der Waals surface area contributed by atoms with E-state index in [1.807, 2.05) is 31.2 Å². The summed E-state index contributed by atoms with van der Waals surface area (Å²) in [6.45, 7) is 4.88. The summed E-state index contributed by atoms with van der Waals surface area (Å²) in [5.74, 6) is -0.776. The van der Waals surface area contributed by atoms with Crippen molar-refractivity contribution in [3.63, 3.8) is 0 Å². The summed E-state index contributed by atoms with van der Waals surface area (Å²) in [5.41, 5.74) is 2.26. The third-order valence-corrected chi connectivity index (χ3v) is 2.78. The van der Waals surface area contributed by atoms with E-state index in [0.29, 0.717) is 6.42 Å². The first-order valence-corrected chi connectivity index (χ1v) is 6.15. The van der Waals surface area contributed by atoms with E-state index in [9.17, 15) is 4.79 Å². The highest BCUT2D eigenvalue weighted by molar-refractivity contribution is 5.73. The lowest BCUT2D eigenvalue weighted by Crippen LogP contribution is -2.39. The minimum absolute atomic E-state index is 0.482. The topological polar surface area (TPSA) is 49.3 Å². The average Bonchev–Trinajstić information content (AvgIpc) is 2.30. The lowest BCUT2D eigenvalue weighted by molar-refractivity contribution is -0.139. The molecule has 0 saturated heterocycles. The maximum Gasteiger partial charge on any atom is 0.321 e. The smallest absolute Gasteiger partial charge is 0.321 e. The Balaban J connectivity index is 2.54. The summed E-state index contributed by atoms with van der Waals surface area (Å²) >= 11 is 0. The number of nitrogens with one attached hydrogen (secondary N) is 1. The molecule has 1 aromatic carbocycles. The number of carbonyl (C=O) groups is 1. The number of hydrogen-bond donors (Lipinski definition) is 2. The van der Waals surface area contributed by atoms with Gasteiger partial charge in [0.2, 0.25) is 0 Å². The molecule has 0 aliphatic carbocycles. The summed E-state index contributed by atoms with van der Waals surface area (Å²) < 4.78 is 0. The second kappa shape index (κ2) is 7.07. The zero-order chi connectivity index (χ0) is 12.7. The standard InChI is InChI=1S/C14H21NO2/c1-3-4-9-15-13(14(16)17)10-12-7-5-11(2)6-8-12/h5-8,13,15H,3-4,9-10H2,1-2H3,(H,16,17)/t13-/m0/s1. The molecule has 0 radical (unpaired) electrons. The number of hydrogen-bond acceptors (Lipinski definition) is 2. The van der Waals surface area contributed by atoms with Gasteiger partial charge in [-0.2, -0.15) is 0 Å². The van der Waals surface area contributed by atoms with Crippen molar-refractivity contribution in [1.82, 2.24) is 5.32 Å². The molecule has 0 aromatic heterocycles. The Hall–Kier alpha value is -1.35. The van der Waals surface area contributed by atoms with Crippen LogP contribution in [-0.2, 0) is 11.2 Å². The summed E-state index contributed by atoms with van der Waals surface area (Å²) in [5, 5.41) is 12.2. The van der Waals surface area contributed by atoms with Gasteiger partial charge in [-0.15, -0.1) is 0 Å². The fourth-order valence-corrected chi connectivity index (χ4v) is 1.66. The van der Waals surface area contributed by atoms with Crippen LogP contribution in [0.2, 0.25) is 0 Å². The number of rotatable bonds is 7. The van der Waals surface area contributed by atoms with Gasteiger partial charge in [0.15, 0.2) is 0 Å². The number of aryl methyl sites for hydroxylation is 1. The van der Waals surface area contributed by atoms with Gasteiger partial charge in [0.25, 0.3) is 0 Å². The number of carboxylic acid groups (broad SMARTS) is 1. The van der Waals surface area contributed by atoms with Gasteiger partial charge in [0.1, 0.15) is 6.04 Å². The van der Waals surface area contributed by atoms with Gasteiger partial charge >= 0.3 is 5.97 Å². The maximum atomic E-state index is 11.1. The van der Waals surface area contributed by atoms with Crippen molar-refractivity contribution in [2.45, 2.75) is 39.2 Å². The van der Waals surface area contributed by atoms with Crippen LogP contribution in [0.25, 0.3) is 0 Å². The normalized spacial score (nSPS) is 12.4. The molecule has 0 fully saturated rings. The highest BCUT2D eigenvalue weighted by Crippen LogP contribution is 2.06. The third kappa shape index (κ3) is 5.00. The molecule has 3 heteroatoms. The van der Waals surface area contributed by atoms with Gasteiger partial charge in [-0.3, -0.25) is 4.79 Å². The second-order valence-electron chi connectivity index (χ2n) is 4.39. The Morgan fingerprint density at radius 3 is 2.53 bits per heavy atom. The number of benzene rings is 1. The first-order chi connectivity index (χ1) is 8.13. The van der Waals surface area contributed by atoms with E-state index in [0.717, 1.165) is 24.9 Å². The quantitative estimate of drug-likeness (QED) is 0.713. The number of aliphatic carboxylic acids is 1. The monoisotopic (exact) mass is 235 g/mol. The zero-order valence-electron chi connectivity index (χ0n) is 10.6. The second-order valence-corrected chi connectivity index (χ2v) is 4.39. The van der Waals surface area contributed by atoms with Crippen molar-refractivity contribution < 1.29 is 9.90 Å². The number of carboxylic acids is 1. The Labute approximate surface area is 103 Å². The minimum atomic E-state index is -0.776. The van der Waals surface area contributed by atoms with Crippen LogP contribution in [0.3, 0.4) is 0 Å². The number of unbranched alkanes of at least 4 members (excludes halogenated alkanes) is 1. The van der Waals surface area contributed by atoms with Crippen molar-refractivity contribution in [2.75, 3.05) is 6.54 Å². The lowest BCUT2D eigenvalue weighted by Gasteiger charge is -2.14. The predicted octanol–water partition coefficient (Wildman–Crippen LogP) is 2.38. The molecule has 0 spiro atoms. The molecular weight excluding hydrogens is 214 g/mol. The molecule has 1 atom stereocenters. The Morgan fingerprint density at radius 1 is 1.35 bits per heavy atom. The van der Waals surface area contributed by atoms with Gasteiger partial charge in [0, 0.05) is 0 Å². The zero-order valence-corrected chi connectivity index (χ0v) is 10.6. The van der Waals surface area contributed by atoms with Crippen LogP contribution in [0.5, 0.6) is 0 Å². The lowest BCUT2D eigenvalue weighted by atomic mass is 10.0. The van der Waals surface area contributed by atoms with Crippen molar-refractivity contribution >= 4 is 5.97 Å². The Bertz CT molecular complexity index is 346. The molecule has 0 saturated carbocycles. The molecule has 1 aromatic rings. The van der Waals surface area contributed by atoms with Crippen LogP contribution in [0.4, 0.5) is 0 Å². The van der Waals surface area contributed by atoms with Gasteiger partial charge < -0.3 is 10.4 Å². The Kier molecular flexibility index (Phi) is 5.70. The van der Waals surface area contributed by atoms with E-state index in [4.69, 9.17) is 5.11 Å². The van der Waals surface area contributed by atoms with Crippen molar-refractivity contribution in [1.29, 1.82) is 0 Å². The fraction of sp³-hybridized carbons (Fsp3) is 0.500. The highest BCUT2D eigenvalue weighted by Gasteiger charge is 2.16. The molecule has 94 valence electrons. The van der Waals surface area contributed by atoms with Crippen LogP contribution < -0.4 is 5.32 Å². The van der Waals surface area contributed by atoms with Crippen molar-refractivity contribution in [3.8, 4) is 0 Å². The molecule has 0 unspecified atom stereocenters. The molecule has 1 rings (SSSR count). The fourth-order valence-electron chi connectivity index (χ4n) is 1.66. The van der Waals surface area contributed by atoms with Crippen LogP contribution in [0.15, 0.2) is 24.3 Å². The van der Waals surface area contributed by atoms with Gasteiger partial charge in [-0.1, -0.05) is 43.2 Å². The van der Waals surface area contributed by atoms with Gasteiger partial charge in [-0.25, -0.2) is 0 Å². The van der Waals surface area contributed by atoms with Crippen LogP contribution in [0.1, 0.15) is 30.9 Å². The summed E-state index contributed by atoms with van der Waals surface area (Å²) in [6, 6.07) is 7.53. The van der Waals surface area contributed by atoms with E-state index < -0.39 is 12.0 Å². The predicted molar refractivity (Wildman–Crippen MR) is 69.2 cm³/mol. The van der Waals surface area contributed by atoms with E-state index >= 15 is 0 Å². The van der Waals surface area contributed by atoms with E-state index in [1.54, 1.807) is 0 Å². The summed E-state index contributed by atoms with van der Waals surface area (Å²) in [7, 11) is 0. The highest BCUT2D eigenvalue weighted by atomic mass is 16.4. The molecular formula is C14H21NO2. The largest absolute Gasteiger partial charge is 0.480 e. The SMILES string of the molecule is CCCCN[C@@H](Cc1ccc(C)cc1)C(=O)O. The van der Waals surface area contributed by atoms with E-state index in [1.165, 1.54) is 5.56 Å². The summed E-state index contributed by atoms with van der Waals surface area (Å²) in [4.78, 5) is 11.1. The van der Waals surface area contributed by atoms with Crippen molar-refractivity contribution in [3.05, 3.63) is 35.4 Å². The minimum Gasteiger partial charge on any atom is -0.480 e. The molecule has 3 nitrogen and oxygen atoms in total. The third-order valence-electron chi connectivity index (χ3n) is 2.78. The van der Waals surface area contributed by atoms with E-state index in [2.05, 4.69) is 12.2 Å². The molecule has 0 aliphatic heterocycles. The molecule has 0 amide bonds. The first-order valence-electron chi connectivity index (χ1n) is 6.15. The van der Waals surface area contributed by atoms with Gasteiger partial charge in [0.05, 0.1) is 0 Å². The summed E-state index contributed by atoms with van der Waals surface area (Å²) in [6.07, 6.45) is 2.63. The van der Waals surface area contributed by atoms with Crippen LogP contribution in [-0.4, -0.2) is 23.7 Å². The first kappa shape index (κ1) is 13.7. The molecule has 17 heavy (non-hydrogen) atoms. The van der Waals surface area contributed by atoms with E-state index in [-0.39, 0.29) is 0 Å². The average molecular weight is 235 g/mol.